The van der Waals surface area contributed by atoms with E-state index < -0.39 is 17.7 Å². The molecule has 2 aromatic carbocycles. The van der Waals surface area contributed by atoms with Crippen molar-refractivity contribution in [2.45, 2.75) is 13.0 Å². The third-order valence-electron chi connectivity index (χ3n) is 2.64. The van der Waals surface area contributed by atoms with E-state index in [0.717, 1.165) is 9.26 Å². The van der Waals surface area contributed by atoms with Crippen LogP contribution in [-0.2, 0) is 0 Å². The number of nitrogens with one attached hydrogen (secondary N) is 1. The van der Waals surface area contributed by atoms with Crippen LogP contribution in [-0.4, -0.2) is 0 Å². The molecule has 18 heavy (non-hydrogen) atoms. The molecule has 1 atom stereocenters. The summed E-state index contributed by atoms with van der Waals surface area (Å²) in [5, 5.41) is 3.10. The van der Waals surface area contributed by atoms with Gasteiger partial charge in [-0.15, -0.1) is 0 Å². The van der Waals surface area contributed by atoms with E-state index >= 15 is 0 Å². The van der Waals surface area contributed by atoms with E-state index in [1.807, 2.05) is 24.3 Å². The molecule has 1 N–H and O–H groups in total. The van der Waals surface area contributed by atoms with Gasteiger partial charge in [0.05, 0.1) is 6.04 Å². The van der Waals surface area contributed by atoms with Crippen LogP contribution in [0.15, 0.2) is 42.5 Å². The predicted molar refractivity (Wildman–Crippen MR) is 77.6 cm³/mol. The molecule has 2 rings (SSSR count). The quantitative estimate of drug-likeness (QED) is 0.781. The fourth-order valence-corrected chi connectivity index (χ4v) is 2.37. The van der Waals surface area contributed by atoms with Crippen molar-refractivity contribution >= 4 is 28.3 Å². The summed E-state index contributed by atoms with van der Waals surface area (Å²) >= 11 is 2.19. The van der Waals surface area contributed by atoms with Crippen molar-refractivity contribution in [2.24, 2.45) is 0 Å². The van der Waals surface area contributed by atoms with E-state index in [9.17, 15) is 8.78 Å². The van der Waals surface area contributed by atoms with Gasteiger partial charge >= 0.3 is 0 Å². The van der Waals surface area contributed by atoms with E-state index in [0.29, 0.717) is 0 Å². The fourth-order valence-electron chi connectivity index (χ4n) is 1.82. The lowest BCUT2D eigenvalue weighted by Gasteiger charge is -2.17. The van der Waals surface area contributed by atoms with Crippen LogP contribution < -0.4 is 5.32 Å². The maximum Gasteiger partial charge on any atom is 0.131 e. The second-order valence-corrected chi connectivity index (χ2v) is 5.26. The average Bonchev–Trinajstić information content (AvgIpc) is 2.28. The van der Waals surface area contributed by atoms with E-state index in [1.165, 1.54) is 18.2 Å². The Hall–Kier alpha value is -1.17. The van der Waals surface area contributed by atoms with Gasteiger partial charge in [0, 0.05) is 14.8 Å². The number of hydrogen-bond donors (Lipinski definition) is 1. The highest BCUT2D eigenvalue weighted by Crippen LogP contribution is 2.24. The topological polar surface area (TPSA) is 12.0 Å². The van der Waals surface area contributed by atoms with Gasteiger partial charge in [0.1, 0.15) is 11.6 Å². The van der Waals surface area contributed by atoms with E-state index in [-0.39, 0.29) is 5.56 Å². The predicted octanol–water partition coefficient (Wildman–Crippen LogP) is 4.74. The molecule has 2 aromatic rings. The van der Waals surface area contributed by atoms with Gasteiger partial charge in [0.15, 0.2) is 0 Å². The summed E-state index contributed by atoms with van der Waals surface area (Å²) in [6.07, 6.45) is 0. The first-order valence-corrected chi connectivity index (χ1v) is 6.62. The van der Waals surface area contributed by atoms with E-state index in [2.05, 4.69) is 27.9 Å². The van der Waals surface area contributed by atoms with Crippen molar-refractivity contribution < 1.29 is 8.78 Å². The molecule has 0 bridgehead atoms. The van der Waals surface area contributed by atoms with Gasteiger partial charge in [0.2, 0.25) is 0 Å². The molecule has 0 radical (unpaired) electrons. The summed E-state index contributed by atoms with van der Waals surface area (Å²) in [6, 6.07) is 11.1. The SMILES string of the molecule is CC(Nc1cccc(I)c1)c1c(F)cccc1F. The van der Waals surface area contributed by atoms with Crippen molar-refractivity contribution in [1.29, 1.82) is 0 Å². The molecule has 0 saturated heterocycles. The molecule has 0 fully saturated rings. The monoisotopic (exact) mass is 359 g/mol. The first-order valence-electron chi connectivity index (χ1n) is 5.54. The lowest BCUT2D eigenvalue weighted by Crippen LogP contribution is -2.10. The van der Waals surface area contributed by atoms with E-state index in [4.69, 9.17) is 0 Å². The van der Waals surface area contributed by atoms with E-state index in [1.54, 1.807) is 6.92 Å². The molecule has 0 aliphatic carbocycles. The number of halogens is 3. The molecule has 0 aliphatic heterocycles. The molecule has 0 amide bonds. The molecule has 0 saturated carbocycles. The lowest BCUT2D eigenvalue weighted by atomic mass is 10.1. The van der Waals surface area contributed by atoms with Gasteiger partial charge in [-0.05, 0) is 59.8 Å². The first kappa shape index (κ1) is 13.3. The molecule has 1 nitrogen and oxygen atoms in total. The smallest absolute Gasteiger partial charge is 0.131 e. The molecule has 0 aliphatic rings. The Bertz CT molecular complexity index is 537. The molecule has 4 heteroatoms. The zero-order chi connectivity index (χ0) is 13.1. The van der Waals surface area contributed by atoms with Gasteiger partial charge in [0.25, 0.3) is 0 Å². The molecule has 94 valence electrons. The zero-order valence-corrected chi connectivity index (χ0v) is 11.9. The summed E-state index contributed by atoms with van der Waals surface area (Å²) in [4.78, 5) is 0. The summed E-state index contributed by atoms with van der Waals surface area (Å²) in [7, 11) is 0. The molecular formula is C14H12F2IN. The number of anilines is 1. The second-order valence-electron chi connectivity index (χ2n) is 4.01. The van der Waals surface area contributed by atoms with Gasteiger partial charge in [-0.1, -0.05) is 12.1 Å². The Labute approximate surface area is 118 Å². The molecule has 0 aromatic heterocycles. The normalized spacial score (nSPS) is 12.2. The minimum Gasteiger partial charge on any atom is -0.378 e. The zero-order valence-electron chi connectivity index (χ0n) is 9.75. The number of benzene rings is 2. The third kappa shape index (κ3) is 2.98. The molecule has 1 unspecified atom stereocenters. The molecule has 0 heterocycles. The average molecular weight is 359 g/mol. The van der Waals surface area contributed by atoms with Crippen LogP contribution in [0.3, 0.4) is 0 Å². The largest absolute Gasteiger partial charge is 0.378 e. The van der Waals surface area contributed by atoms with Crippen LogP contribution in [0.2, 0.25) is 0 Å². The molecular weight excluding hydrogens is 347 g/mol. The van der Waals surface area contributed by atoms with Crippen molar-refractivity contribution in [2.75, 3.05) is 5.32 Å². The summed E-state index contributed by atoms with van der Waals surface area (Å²) in [5.41, 5.74) is 0.911. The third-order valence-corrected chi connectivity index (χ3v) is 3.31. The van der Waals surface area contributed by atoms with Crippen LogP contribution in [0.25, 0.3) is 0 Å². The van der Waals surface area contributed by atoms with Crippen LogP contribution in [0, 0.1) is 15.2 Å². The minimum atomic E-state index is -0.527. The van der Waals surface area contributed by atoms with Gasteiger partial charge < -0.3 is 5.32 Å². The Morgan fingerprint density at radius 3 is 2.28 bits per heavy atom. The number of hydrogen-bond acceptors (Lipinski definition) is 1. The highest BCUT2D eigenvalue weighted by Gasteiger charge is 2.15. The highest BCUT2D eigenvalue weighted by atomic mass is 127. The van der Waals surface area contributed by atoms with Crippen molar-refractivity contribution in [3.8, 4) is 0 Å². The van der Waals surface area contributed by atoms with Crippen LogP contribution >= 0.6 is 22.6 Å². The maximum atomic E-state index is 13.6. The summed E-state index contributed by atoms with van der Waals surface area (Å²) < 4.78 is 28.3. The first-order chi connectivity index (χ1) is 8.58. The Balaban J connectivity index is 2.25. The molecule has 0 spiro atoms. The van der Waals surface area contributed by atoms with Crippen molar-refractivity contribution in [3.05, 3.63) is 63.2 Å². The highest BCUT2D eigenvalue weighted by molar-refractivity contribution is 14.1. The van der Waals surface area contributed by atoms with Gasteiger partial charge in [-0.25, -0.2) is 8.78 Å². The van der Waals surface area contributed by atoms with Crippen LogP contribution in [0.5, 0.6) is 0 Å². The van der Waals surface area contributed by atoms with Gasteiger partial charge in [-0.2, -0.15) is 0 Å². The number of rotatable bonds is 3. The second kappa shape index (κ2) is 5.65. The van der Waals surface area contributed by atoms with Crippen molar-refractivity contribution in [1.82, 2.24) is 0 Å². The minimum absolute atomic E-state index is 0.0661. The van der Waals surface area contributed by atoms with Crippen LogP contribution in [0.1, 0.15) is 18.5 Å². The summed E-state index contributed by atoms with van der Waals surface area (Å²) in [6.45, 7) is 1.74. The Morgan fingerprint density at radius 2 is 1.67 bits per heavy atom. The lowest BCUT2D eigenvalue weighted by molar-refractivity contribution is 0.544. The Kier molecular flexibility index (Phi) is 4.16. The maximum absolute atomic E-state index is 13.6. The van der Waals surface area contributed by atoms with Crippen molar-refractivity contribution in [3.63, 3.8) is 0 Å². The standard InChI is InChI=1S/C14H12F2IN/c1-9(14-12(15)6-3-7-13(14)16)18-11-5-2-4-10(17)8-11/h2-9,18H,1H3. The fraction of sp³-hybridized carbons (Fsp3) is 0.143. The summed E-state index contributed by atoms with van der Waals surface area (Å²) in [5.74, 6) is -1.05. The Morgan fingerprint density at radius 1 is 1.06 bits per heavy atom. The van der Waals surface area contributed by atoms with Crippen LogP contribution in [0.4, 0.5) is 14.5 Å². The van der Waals surface area contributed by atoms with Gasteiger partial charge in [-0.3, -0.25) is 0 Å².